The quantitative estimate of drug-likeness (QED) is 0.287. The molecule has 0 aliphatic heterocycles. The highest BCUT2D eigenvalue weighted by Gasteiger charge is 2.25. The Bertz CT molecular complexity index is 876. The molecule has 2 atom stereocenters. The number of hydrogen-bond acceptors (Lipinski definition) is 7. The Morgan fingerprint density at radius 3 is 2.55 bits per heavy atom. The molecule has 1 aliphatic rings. The first kappa shape index (κ1) is 22.2. The fourth-order valence-electron chi connectivity index (χ4n) is 3.36. The van der Waals surface area contributed by atoms with Crippen molar-refractivity contribution in [3.05, 3.63) is 61.7 Å². The van der Waals surface area contributed by atoms with Gasteiger partial charge < -0.3 is 4.74 Å². The maximum Gasteiger partial charge on any atom is 0.301 e. The number of anilines is 1. The molecule has 1 aromatic carbocycles. The van der Waals surface area contributed by atoms with Gasteiger partial charge in [-0.1, -0.05) is 17.2 Å². The number of methoxy groups -OCH3 is 1. The topological polar surface area (TPSA) is 120 Å². The lowest BCUT2D eigenvalue weighted by atomic mass is 9.76. The highest BCUT2D eigenvalue weighted by atomic mass is 16.6. The van der Waals surface area contributed by atoms with Gasteiger partial charge in [0.05, 0.1) is 21.6 Å². The predicted octanol–water partition coefficient (Wildman–Crippen LogP) is 4.86. The van der Waals surface area contributed by atoms with Gasteiger partial charge in [-0.05, 0) is 57.6 Å². The summed E-state index contributed by atoms with van der Waals surface area (Å²) in [5, 5.41) is 26.2. The van der Waals surface area contributed by atoms with E-state index < -0.39 is 15.5 Å². The van der Waals surface area contributed by atoms with Crippen LogP contribution in [0.2, 0.25) is 0 Å². The van der Waals surface area contributed by atoms with Gasteiger partial charge in [0, 0.05) is 19.8 Å². The molecule has 9 heteroatoms. The van der Waals surface area contributed by atoms with Gasteiger partial charge in [-0.2, -0.15) is 5.10 Å². The number of non-ortho nitro benzene ring substituents is 1. The van der Waals surface area contributed by atoms with Crippen molar-refractivity contribution in [1.82, 2.24) is 0 Å². The molecule has 156 valence electrons. The number of ether oxygens (including phenoxy) is 1. The van der Waals surface area contributed by atoms with Crippen molar-refractivity contribution in [2.24, 2.45) is 16.9 Å². The number of nitrogens with zero attached hydrogens (tertiary/aromatic N) is 3. The Morgan fingerprint density at radius 2 is 1.93 bits per heavy atom. The first-order chi connectivity index (χ1) is 13.7. The zero-order chi connectivity index (χ0) is 21.6. The second kappa shape index (κ2) is 9.92. The van der Waals surface area contributed by atoms with Crippen LogP contribution in [0.3, 0.4) is 0 Å². The minimum atomic E-state index is -0.676. The molecule has 0 aromatic heterocycles. The maximum atomic E-state index is 11.2. The number of allylic oxidation sites excluding steroid dienone is 4. The summed E-state index contributed by atoms with van der Waals surface area (Å²) >= 11 is 0. The lowest BCUT2D eigenvalue weighted by Gasteiger charge is -2.30. The minimum Gasteiger partial charge on any atom is -0.384 e. The molecule has 0 saturated heterocycles. The van der Waals surface area contributed by atoms with Crippen molar-refractivity contribution in [2.75, 3.05) is 19.1 Å². The lowest BCUT2D eigenvalue weighted by Crippen LogP contribution is -2.23. The molecule has 0 radical (unpaired) electrons. The SMILES string of the molecule is COCC1CC(C)=C(C)CC1/C=C/C(C)=N\Nc1ccc([N+](=O)[O-])cc1[N+](=O)[O-]. The van der Waals surface area contributed by atoms with Crippen LogP contribution in [0.5, 0.6) is 0 Å². The van der Waals surface area contributed by atoms with Gasteiger partial charge in [-0.3, -0.25) is 25.7 Å². The van der Waals surface area contributed by atoms with E-state index in [0.29, 0.717) is 24.2 Å². The van der Waals surface area contributed by atoms with Crippen LogP contribution in [0, 0.1) is 32.1 Å². The van der Waals surface area contributed by atoms with Crippen molar-refractivity contribution < 1.29 is 14.6 Å². The third kappa shape index (κ3) is 5.95. The van der Waals surface area contributed by atoms with Gasteiger partial charge in [0.15, 0.2) is 0 Å². The molecular weight excluding hydrogens is 376 g/mol. The molecule has 0 heterocycles. The van der Waals surface area contributed by atoms with Crippen LogP contribution >= 0.6 is 0 Å². The zero-order valence-electron chi connectivity index (χ0n) is 17.0. The Hall–Kier alpha value is -3.07. The predicted molar refractivity (Wildman–Crippen MR) is 112 cm³/mol. The molecular formula is C20H26N4O5. The smallest absolute Gasteiger partial charge is 0.301 e. The van der Waals surface area contributed by atoms with Crippen molar-refractivity contribution in [2.45, 2.75) is 33.6 Å². The number of nitrogens with one attached hydrogen (secondary N) is 1. The summed E-state index contributed by atoms with van der Waals surface area (Å²) in [6, 6.07) is 3.39. The number of hydrazone groups is 1. The van der Waals surface area contributed by atoms with Crippen LogP contribution in [0.25, 0.3) is 0 Å². The van der Waals surface area contributed by atoms with E-state index in [9.17, 15) is 20.2 Å². The molecule has 9 nitrogen and oxygen atoms in total. The molecule has 29 heavy (non-hydrogen) atoms. The summed E-state index contributed by atoms with van der Waals surface area (Å²) in [5.41, 5.74) is 5.43. The summed E-state index contributed by atoms with van der Waals surface area (Å²) in [4.78, 5) is 20.7. The Morgan fingerprint density at radius 1 is 1.24 bits per heavy atom. The summed E-state index contributed by atoms with van der Waals surface area (Å²) in [6.07, 6.45) is 5.94. The molecule has 0 saturated carbocycles. The number of benzene rings is 1. The van der Waals surface area contributed by atoms with Crippen molar-refractivity contribution in [3.8, 4) is 0 Å². The van der Waals surface area contributed by atoms with Gasteiger partial charge in [0.2, 0.25) is 0 Å². The fourth-order valence-corrected chi connectivity index (χ4v) is 3.36. The van der Waals surface area contributed by atoms with E-state index in [1.54, 1.807) is 14.0 Å². The monoisotopic (exact) mass is 402 g/mol. The Balaban J connectivity index is 2.14. The second-order valence-corrected chi connectivity index (χ2v) is 7.29. The summed E-state index contributed by atoms with van der Waals surface area (Å²) < 4.78 is 5.36. The van der Waals surface area contributed by atoms with Crippen LogP contribution in [-0.4, -0.2) is 29.3 Å². The number of hydrogen-bond donors (Lipinski definition) is 1. The van der Waals surface area contributed by atoms with E-state index in [0.717, 1.165) is 18.9 Å². The van der Waals surface area contributed by atoms with Gasteiger partial charge in [-0.15, -0.1) is 0 Å². The van der Waals surface area contributed by atoms with E-state index in [2.05, 4.69) is 30.5 Å². The second-order valence-electron chi connectivity index (χ2n) is 7.29. The van der Waals surface area contributed by atoms with Crippen molar-refractivity contribution in [1.29, 1.82) is 0 Å². The Kier molecular flexibility index (Phi) is 7.60. The molecule has 1 aromatic rings. The van der Waals surface area contributed by atoms with Crippen molar-refractivity contribution in [3.63, 3.8) is 0 Å². The van der Waals surface area contributed by atoms with Crippen LogP contribution in [0.1, 0.15) is 33.6 Å². The van der Waals surface area contributed by atoms with Crippen LogP contribution < -0.4 is 5.43 Å². The van der Waals surface area contributed by atoms with Gasteiger partial charge >= 0.3 is 5.69 Å². The number of nitro groups is 2. The van der Waals surface area contributed by atoms with Crippen LogP contribution in [-0.2, 0) is 4.74 Å². The van der Waals surface area contributed by atoms with E-state index in [-0.39, 0.29) is 11.4 Å². The van der Waals surface area contributed by atoms with Crippen molar-refractivity contribution >= 4 is 22.8 Å². The van der Waals surface area contributed by atoms with Gasteiger partial charge in [0.1, 0.15) is 5.69 Å². The Labute approximate surface area is 169 Å². The minimum absolute atomic E-state index is 0.0951. The number of nitro benzene ring substituents is 2. The molecule has 1 aliphatic carbocycles. The molecule has 0 amide bonds. The van der Waals surface area contributed by atoms with Crippen LogP contribution in [0.4, 0.5) is 17.1 Å². The van der Waals surface area contributed by atoms with E-state index in [1.807, 2.05) is 6.08 Å². The number of rotatable bonds is 8. The standard InChI is InChI=1S/C20H26N4O5/c1-13-9-16(17(12-29-4)10-14(13)2)6-5-15(3)21-22-19-8-7-18(23(25)26)11-20(19)24(27)28/h5-8,11,16-17,22H,9-10,12H2,1-4H3/b6-5+,21-15-. The molecule has 2 rings (SSSR count). The molecule has 0 spiro atoms. The first-order valence-electron chi connectivity index (χ1n) is 9.28. The average molecular weight is 402 g/mol. The summed E-state index contributed by atoms with van der Waals surface area (Å²) in [5.74, 6) is 0.731. The molecule has 0 bridgehead atoms. The summed E-state index contributed by atoms with van der Waals surface area (Å²) in [7, 11) is 1.70. The van der Waals surface area contributed by atoms with E-state index in [1.165, 1.54) is 23.3 Å². The molecule has 2 unspecified atom stereocenters. The molecule has 0 fully saturated rings. The van der Waals surface area contributed by atoms with E-state index in [4.69, 9.17) is 4.74 Å². The normalized spacial score (nSPS) is 20.2. The third-order valence-electron chi connectivity index (χ3n) is 5.15. The maximum absolute atomic E-state index is 11.2. The third-order valence-corrected chi connectivity index (χ3v) is 5.15. The largest absolute Gasteiger partial charge is 0.384 e. The van der Waals surface area contributed by atoms with Gasteiger partial charge in [0.25, 0.3) is 5.69 Å². The highest BCUT2D eigenvalue weighted by Crippen LogP contribution is 2.35. The fraction of sp³-hybridized carbons (Fsp3) is 0.450. The highest BCUT2D eigenvalue weighted by molar-refractivity contribution is 5.93. The average Bonchev–Trinajstić information content (AvgIpc) is 2.67. The van der Waals surface area contributed by atoms with E-state index >= 15 is 0 Å². The molecule has 1 N–H and O–H groups in total. The first-order valence-corrected chi connectivity index (χ1v) is 9.28. The van der Waals surface area contributed by atoms with Gasteiger partial charge in [-0.25, -0.2) is 0 Å². The van der Waals surface area contributed by atoms with Crippen LogP contribution in [0.15, 0.2) is 46.6 Å². The summed E-state index contributed by atoms with van der Waals surface area (Å²) in [6.45, 7) is 6.77. The lowest BCUT2D eigenvalue weighted by molar-refractivity contribution is -0.393. The zero-order valence-corrected chi connectivity index (χ0v) is 17.0.